The van der Waals surface area contributed by atoms with Gasteiger partial charge in [0.25, 0.3) is 5.91 Å². The molecule has 0 saturated heterocycles. The average Bonchev–Trinajstić information content (AvgIpc) is 2.84. The van der Waals surface area contributed by atoms with Gasteiger partial charge in [0.15, 0.2) is 0 Å². The third-order valence-corrected chi connectivity index (χ3v) is 2.63. The topological polar surface area (TPSA) is 112 Å². The smallest absolute Gasteiger partial charge is 0.335 e. The minimum atomic E-state index is -1.01. The number of aromatic nitrogens is 2. The summed E-state index contributed by atoms with van der Waals surface area (Å²) in [6, 6.07) is 7.41. The molecular formula is C12H12N4O3. The Bertz CT molecular complexity index is 618. The van der Waals surface area contributed by atoms with Crippen LogP contribution in [0.15, 0.2) is 30.3 Å². The summed E-state index contributed by atoms with van der Waals surface area (Å²) in [7, 11) is 1.58. The number of nitrogens with two attached hydrogens (primary N) is 1. The second kappa shape index (κ2) is 4.81. The summed E-state index contributed by atoms with van der Waals surface area (Å²) >= 11 is 0. The number of hydrogen-bond acceptors (Lipinski definition) is 4. The molecule has 98 valence electrons. The van der Waals surface area contributed by atoms with Crippen molar-refractivity contribution in [1.82, 2.24) is 10.2 Å². The lowest BCUT2D eigenvalue weighted by Crippen LogP contribution is -2.26. The van der Waals surface area contributed by atoms with Crippen LogP contribution in [0.2, 0.25) is 0 Å². The number of hydrogen-bond donors (Lipinski definition) is 3. The largest absolute Gasteiger partial charge is 0.478 e. The molecule has 0 aliphatic rings. The highest BCUT2D eigenvalue weighted by Crippen LogP contribution is 2.16. The number of carbonyl (C=O) groups is 2. The number of amides is 1. The van der Waals surface area contributed by atoms with Gasteiger partial charge in [0.2, 0.25) is 0 Å². The molecule has 1 aromatic carbocycles. The third-order valence-electron chi connectivity index (χ3n) is 2.63. The summed E-state index contributed by atoms with van der Waals surface area (Å²) in [4.78, 5) is 24.2. The highest BCUT2D eigenvalue weighted by atomic mass is 16.4. The molecular weight excluding hydrogens is 248 g/mol. The Morgan fingerprint density at radius 3 is 2.42 bits per heavy atom. The fraction of sp³-hybridized carbons (Fsp3) is 0.0833. The van der Waals surface area contributed by atoms with Gasteiger partial charge in [0.1, 0.15) is 11.5 Å². The number of aromatic amines is 1. The van der Waals surface area contributed by atoms with Crippen molar-refractivity contribution in [3.63, 3.8) is 0 Å². The fourth-order valence-electron chi connectivity index (χ4n) is 1.57. The molecule has 0 radical (unpaired) electrons. The molecule has 2 rings (SSSR count). The van der Waals surface area contributed by atoms with Crippen molar-refractivity contribution in [2.75, 3.05) is 17.7 Å². The van der Waals surface area contributed by atoms with E-state index in [0.717, 1.165) is 0 Å². The van der Waals surface area contributed by atoms with Crippen molar-refractivity contribution in [1.29, 1.82) is 0 Å². The van der Waals surface area contributed by atoms with Gasteiger partial charge in [-0.3, -0.25) is 9.89 Å². The average molecular weight is 260 g/mol. The van der Waals surface area contributed by atoms with E-state index in [4.69, 9.17) is 10.8 Å². The number of carbonyl (C=O) groups excluding carboxylic acids is 1. The molecule has 19 heavy (non-hydrogen) atoms. The normalized spacial score (nSPS) is 10.2. The summed E-state index contributed by atoms with van der Waals surface area (Å²) in [5.74, 6) is -1.09. The number of nitrogens with one attached hydrogen (secondary N) is 1. The summed E-state index contributed by atoms with van der Waals surface area (Å²) < 4.78 is 0. The highest BCUT2D eigenvalue weighted by Gasteiger charge is 2.16. The Balaban J connectivity index is 2.21. The Morgan fingerprint density at radius 1 is 1.32 bits per heavy atom. The Morgan fingerprint density at radius 2 is 1.95 bits per heavy atom. The molecule has 0 aliphatic heterocycles. The first-order valence-corrected chi connectivity index (χ1v) is 5.41. The van der Waals surface area contributed by atoms with Crippen molar-refractivity contribution in [2.24, 2.45) is 0 Å². The third kappa shape index (κ3) is 2.54. The van der Waals surface area contributed by atoms with Gasteiger partial charge in [-0.05, 0) is 24.3 Å². The van der Waals surface area contributed by atoms with E-state index in [1.807, 2.05) is 0 Å². The summed E-state index contributed by atoms with van der Waals surface area (Å²) in [6.45, 7) is 0. The molecule has 0 spiro atoms. The Kier molecular flexibility index (Phi) is 3.19. The molecule has 0 atom stereocenters. The number of carboxylic acids is 1. The number of nitrogens with zero attached hydrogens (tertiary/aromatic N) is 2. The Labute approximate surface area is 108 Å². The lowest BCUT2D eigenvalue weighted by atomic mass is 10.2. The maximum absolute atomic E-state index is 12.1. The molecule has 7 nitrogen and oxygen atoms in total. The highest BCUT2D eigenvalue weighted by molar-refractivity contribution is 6.04. The molecule has 1 aromatic heterocycles. The van der Waals surface area contributed by atoms with Crippen LogP contribution < -0.4 is 10.6 Å². The molecule has 2 aromatic rings. The first kappa shape index (κ1) is 12.6. The van der Waals surface area contributed by atoms with E-state index in [2.05, 4.69) is 10.2 Å². The second-order valence-electron chi connectivity index (χ2n) is 3.92. The van der Waals surface area contributed by atoms with E-state index in [1.165, 1.54) is 23.1 Å². The zero-order valence-corrected chi connectivity index (χ0v) is 10.1. The fourth-order valence-corrected chi connectivity index (χ4v) is 1.57. The van der Waals surface area contributed by atoms with Crippen LogP contribution in [0.5, 0.6) is 0 Å². The van der Waals surface area contributed by atoms with Crippen LogP contribution >= 0.6 is 0 Å². The van der Waals surface area contributed by atoms with Crippen molar-refractivity contribution >= 4 is 23.4 Å². The van der Waals surface area contributed by atoms with E-state index >= 15 is 0 Å². The molecule has 0 aliphatic carbocycles. The van der Waals surface area contributed by atoms with Gasteiger partial charge in [-0.1, -0.05) is 0 Å². The second-order valence-corrected chi connectivity index (χ2v) is 3.92. The number of anilines is 2. The maximum Gasteiger partial charge on any atom is 0.335 e. The van der Waals surface area contributed by atoms with E-state index in [1.54, 1.807) is 19.2 Å². The van der Waals surface area contributed by atoms with Gasteiger partial charge in [-0.25, -0.2) is 4.79 Å². The van der Waals surface area contributed by atoms with E-state index in [9.17, 15) is 9.59 Å². The van der Waals surface area contributed by atoms with Crippen LogP contribution in [0.25, 0.3) is 0 Å². The summed E-state index contributed by atoms with van der Waals surface area (Å²) in [5.41, 5.74) is 6.43. The van der Waals surface area contributed by atoms with Gasteiger partial charge < -0.3 is 15.7 Å². The predicted octanol–water partition coefficient (Wildman–Crippen LogP) is 0.967. The summed E-state index contributed by atoms with van der Waals surface area (Å²) in [6.07, 6.45) is 0. The molecule has 0 saturated carbocycles. The number of rotatable bonds is 3. The number of carboxylic acid groups (broad SMARTS) is 1. The van der Waals surface area contributed by atoms with Gasteiger partial charge in [0, 0.05) is 18.8 Å². The monoisotopic (exact) mass is 260 g/mol. The number of benzene rings is 1. The lowest BCUT2D eigenvalue weighted by Gasteiger charge is -2.16. The van der Waals surface area contributed by atoms with Crippen LogP contribution in [0.1, 0.15) is 20.8 Å². The van der Waals surface area contributed by atoms with Crippen LogP contribution in [-0.2, 0) is 0 Å². The van der Waals surface area contributed by atoms with Gasteiger partial charge >= 0.3 is 5.97 Å². The molecule has 0 fully saturated rings. The minimum Gasteiger partial charge on any atom is -0.478 e. The minimum absolute atomic E-state index is 0.162. The quantitative estimate of drug-likeness (QED) is 0.761. The zero-order valence-electron chi connectivity index (χ0n) is 10.1. The first-order chi connectivity index (χ1) is 8.99. The van der Waals surface area contributed by atoms with Crippen molar-refractivity contribution < 1.29 is 14.7 Å². The Hall–Kier alpha value is -2.83. The first-order valence-electron chi connectivity index (χ1n) is 5.41. The van der Waals surface area contributed by atoms with Gasteiger partial charge in [-0.2, -0.15) is 5.10 Å². The van der Waals surface area contributed by atoms with Crippen LogP contribution in [0, 0.1) is 0 Å². The molecule has 0 unspecified atom stereocenters. The van der Waals surface area contributed by atoms with Crippen LogP contribution in [0.3, 0.4) is 0 Å². The number of H-pyrrole nitrogens is 1. The summed E-state index contributed by atoms with van der Waals surface area (Å²) in [5, 5.41) is 15.0. The maximum atomic E-state index is 12.1. The van der Waals surface area contributed by atoms with Gasteiger partial charge in [0.05, 0.1) is 5.56 Å². The van der Waals surface area contributed by atoms with Crippen molar-refractivity contribution in [2.45, 2.75) is 0 Å². The van der Waals surface area contributed by atoms with Crippen molar-refractivity contribution in [3.05, 3.63) is 41.6 Å². The molecule has 0 bridgehead atoms. The van der Waals surface area contributed by atoms with Crippen LogP contribution in [0.4, 0.5) is 11.5 Å². The SMILES string of the molecule is CN(C(=O)c1cc(N)n[nH]1)c1ccc(C(=O)O)cc1. The van der Waals surface area contributed by atoms with Gasteiger partial charge in [-0.15, -0.1) is 0 Å². The van der Waals surface area contributed by atoms with Crippen LogP contribution in [-0.4, -0.2) is 34.2 Å². The van der Waals surface area contributed by atoms with Crippen molar-refractivity contribution in [3.8, 4) is 0 Å². The standard InChI is InChI=1S/C12H12N4O3/c1-16(11(17)9-6-10(13)15-14-9)8-4-2-7(3-5-8)12(18)19/h2-6H,1H3,(H,18,19)(H3,13,14,15). The number of nitrogen functional groups attached to an aromatic ring is 1. The zero-order chi connectivity index (χ0) is 14.0. The molecule has 7 heteroatoms. The van der Waals surface area contributed by atoms with E-state index < -0.39 is 5.97 Å². The molecule has 1 amide bonds. The predicted molar refractivity (Wildman–Crippen MR) is 69.1 cm³/mol. The lowest BCUT2D eigenvalue weighted by molar-refractivity contribution is 0.0696. The van der Waals surface area contributed by atoms with E-state index in [-0.39, 0.29) is 23.0 Å². The van der Waals surface area contributed by atoms with E-state index in [0.29, 0.717) is 5.69 Å². The molecule has 1 heterocycles. The molecule has 4 N–H and O–H groups in total. The number of aromatic carboxylic acids is 1.